The molecule has 1 rings (SSSR count). The number of hydrogen-bond acceptors (Lipinski definition) is 6. The second kappa shape index (κ2) is 12.8. The van der Waals surface area contributed by atoms with E-state index < -0.39 is 6.04 Å². The first-order valence-corrected chi connectivity index (χ1v) is 9.66. The number of unbranched alkanes of at least 4 members (excludes halogenated alkanes) is 1. The van der Waals surface area contributed by atoms with Gasteiger partial charge in [0.2, 0.25) is 11.8 Å². The number of rotatable bonds is 13. The maximum Gasteiger partial charge on any atom is 0.239 e. The van der Waals surface area contributed by atoms with Crippen molar-refractivity contribution in [3.05, 3.63) is 21.9 Å². The number of nitrogens with two attached hydrogens (primary N) is 3. The van der Waals surface area contributed by atoms with Crippen molar-refractivity contribution in [3.63, 3.8) is 0 Å². The molecule has 8 N–H and O–H groups in total. The lowest BCUT2D eigenvalue weighted by Crippen LogP contribution is -2.45. The maximum absolute atomic E-state index is 11.8. The Morgan fingerprint density at radius 3 is 2.36 bits per heavy atom. The van der Waals surface area contributed by atoms with Crippen LogP contribution >= 0.6 is 11.3 Å². The first kappa shape index (κ1) is 21.6. The van der Waals surface area contributed by atoms with Gasteiger partial charge in [-0.05, 0) is 57.3 Å². The van der Waals surface area contributed by atoms with Gasteiger partial charge in [0.15, 0.2) is 0 Å². The molecular weight excluding hydrogens is 338 g/mol. The molecule has 8 heteroatoms. The zero-order chi connectivity index (χ0) is 18.5. The Morgan fingerprint density at radius 2 is 1.68 bits per heavy atom. The molecule has 1 atom stereocenters. The molecule has 0 saturated carbocycles. The molecule has 1 aromatic heterocycles. The number of hydrogen-bond donors (Lipinski definition) is 5. The van der Waals surface area contributed by atoms with E-state index >= 15 is 0 Å². The Balaban J connectivity index is 2.15. The number of thiophene rings is 1. The molecule has 1 heterocycles. The third-order valence-corrected chi connectivity index (χ3v) is 4.97. The van der Waals surface area contributed by atoms with Gasteiger partial charge in [-0.1, -0.05) is 6.42 Å². The van der Waals surface area contributed by atoms with Crippen LogP contribution in [0.25, 0.3) is 0 Å². The fourth-order valence-corrected chi connectivity index (χ4v) is 3.35. The summed E-state index contributed by atoms with van der Waals surface area (Å²) in [5.74, 6) is -0.502. The fourth-order valence-electron chi connectivity index (χ4n) is 2.29. The van der Waals surface area contributed by atoms with E-state index in [9.17, 15) is 9.59 Å². The molecule has 2 amide bonds. The van der Waals surface area contributed by atoms with Crippen LogP contribution in [0, 0.1) is 0 Å². The van der Waals surface area contributed by atoms with Gasteiger partial charge in [-0.15, -0.1) is 11.3 Å². The highest BCUT2D eigenvalue weighted by Gasteiger charge is 2.13. The van der Waals surface area contributed by atoms with Crippen molar-refractivity contribution in [1.29, 1.82) is 0 Å². The molecule has 0 aromatic carbocycles. The van der Waals surface area contributed by atoms with Crippen molar-refractivity contribution in [1.82, 2.24) is 10.6 Å². The summed E-state index contributed by atoms with van der Waals surface area (Å²) in [6.45, 7) is 1.80. The van der Waals surface area contributed by atoms with E-state index in [2.05, 4.69) is 22.8 Å². The van der Waals surface area contributed by atoms with E-state index in [4.69, 9.17) is 17.2 Å². The SMILES string of the molecule is NCCCC[C@@H](N)C(=O)NCC(=O)NCCc1ccc(CCCN)s1. The summed E-state index contributed by atoms with van der Waals surface area (Å²) in [4.78, 5) is 26.1. The average molecular weight is 370 g/mol. The zero-order valence-electron chi connectivity index (χ0n) is 14.8. The zero-order valence-corrected chi connectivity index (χ0v) is 15.6. The van der Waals surface area contributed by atoms with E-state index in [1.54, 1.807) is 11.3 Å². The Bertz CT molecular complexity index is 521. The van der Waals surface area contributed by atoms with Gasteiger partial charge in [-0.25, -0.2) is 0 Å². The number of amides is 2. The summed E-state index contributed by atoms with van der Waals surface area (Å²) in [7, 11) is 0. The number of carbonyl (C=O) groups is 2. The Labute approximate surface area is 153 Å². The normalized spacial score (nSPS) is 12.0. The third kappa shape index (κ3) is 9.54. The Kier molecular flexibility index (Phi) is 11.1. The van der Waals surface area contributed by atoms with Gasteiger partial charge in [-0.2, -0.15) is 0 Å². The Morgan fingerprint density at radius 1 is 1.00 bits per heavy atom. The van der Waals surface area contributed by atoms with Crippen LogP contribution in [0.5, 0.6) is 0 Å². The van der Waals surface area contributed by atoms with E-state index in [0.717, 1.165) is 32.1 Å². The molecule has 25 heavy (non-hydrogen) atoms. The second-order valence-electron chi connectivity index (χ2n) is 5.97. The summed E-state index contributed by atoms with van der Waals surface area (Å²) in [6.07, 6.45) is 5.01. The monoisotopic (exact) mass is 369 g/mol. The lowest BCUT2D eigenvalue weighted by atomic mass is 10.1. The van der Waals surface area contributed by atoms with Crippen molar-refractivity contribution >= 4 is 23.2 Å². The van der Waals surface area contributed by atoms with Crippen molar-refractivity contribution in [2.24, 2.45) is 17.2 Å². The lowest BCUT2D eigenvalue weighted by Gasteiger charge is -2.12. The second-order valence-corrected chi connectivity index (χ2v) is 7.22. The van der Waals surface area contributed by atoms with Crippen LogP contribution in [0.15, 0.2) is 12.1 Å². The van der Waals surface area contributed by atoms with Crippen LogP contribution in [0.3, 0.4) is 0 Å². The van der Waals surface area contributed by atoms with Gasteiger partial charge in [0.25, 0.3) is 0 Å². The summed E-state index contributed by atoms with van der Waals surface area (Å²) in [5.41, 5.74) is 16.7. The standard InChI is InChI=1S/C17H31N5O2S/c18-9-2-1-5-15(20)17(24)22-12-16(23)21-11-8-14-7-6-13(25-14)4-3-10-19/h6-7,15H,1-5,8-12,18-20H2,(H,21,23)(H,22,24)/t15-/m1/s1. The molecule has 0 bridgehead atoms. The van der Waals surface area contributed by atoms with Crippen LogP contribution in [0.4, 0.5) is 0 Å². The van der Waals surface area contributed by atoms with E-state index in [1.807, 2.05) is 0 Å². The number of aryl methyl sites for hydroxylation is 1. The number of nitrogens with one attached hydrogen (secondary N) is 2. The van der Waals surface area contributed by atoms with E-state index in [1.165, 1.54) is 9.75 Å². The number of carbonyl (C=O) groups excluding carboxylic acids is 2. The molecule has 142 valence electrons. The first-order valence-electron chi connectivity index (χ1n) is 8.84. The largest absolute Gasteiger partial charge is 0.354 e. The third-order valence-electron chi connectivity index (χ3n) is 3.77. The molecule has 0 radical (unpaired) electrons. The predicted octanol–water partition coefficient (Wildman–Crippen LogP) is -0.129. The molecule has 1 aromatic rings. The van der Waals surface area contributed by atoms with Crippen LogP contribution < -0.4 is 27.8 Å². The highest BCUT2D eigenvalue weighted by atomic mass is 32.1. The minimum atomic E-state index is -0.586. The van der Waals surface area contributed by atoms with Crippen molar-refractivity contribution < 1.29 is 9.59 Å². The van der Waals surface area contributed by atoms with Gasteiger partial charge >= 0.3 is 0 Å². The Hall–Kier alpha value is -1.48. The van der Waals surface area contributed by atoms with Crippen LogP contribution in [0.2, 0.25) is 0 Å². The molecular formula is C17H31N5O2S. The molecule has 0 aliphatic rings. The molecule has 7 nitrogen and oxygen atoms in total. The van der Waals surface area contributed by atoms with Crippen LogP contribution in [-0.2, 0) is 22.4 Å². The topological polar surface area (TPSA) is 136 Å². The van der Waals surface area contributed by atoms with Crippen LogP contribution in [0.1, 0.15) is 35.4 Å². The van der Waals surface area contributed by atoms with Crippen molar-refractivity contribution in [2.75, 3.05) is 26.2 Å². The van der Waals surface area contributed by atoms with Crippen molar-refractivity contribution in [2.45, 2.75) is 44.6 Å². The summed E-state index contributed by atoms with van der Waals surface area (Å²) < 4.78 is 0. The summed E-state index contributed by atoms with van der Waals surface area (Å²) in [6, 6.07) is 3.62. The van der Waals surface area contributed by atoms with Gasteiger partial charge in [0.05, 0.1) is 12.6 Å². The highest BCUT2D eigenvalue weighted by Crippen LogP contribution is 2.18. The summed E-state index contributed by atoms with van der Waals surface area (Å²) >= 11 is 1.75. The maximum atomic E-state index is 11.8. The summed E-state index contributed by atoms with van der Waals surface area (Å²) in [5, 5.41) is 5.37. The fraction of sp³-hybridized carbons (Fsp3) is 0.647. The predicted molar refractivity (Wildman–Crippen MR) is 102 cm³/mol. The van der Waals surface area contributed by atoms with Crippen LogP contribution in [-0.4, -0.2) is 44.0 Å². The quantitative estimate of drug-likeness (QED) is 0.309. The van der Waals surface area contributed by atoms with Gasteiger partial charge < -0.3 is 27.8 Å². The smallest absolute Gasteiger partial charge is 0.239 e. The molecule has 0 aliphatic carbocycles. The lowest BCUT2D eigenvalue weighted by molar-refractivity contribution is -0.126. The van der Waals surface area contributed by atoms with Gasteiger partial charge in [-0.3, -0.25) is 9.59 Å². The molecule has 0 spiro atoms. The van der Waals surface area contributed by atoms with Crippen molar-refractivity contribution in [3.8, 4) is 0 Å². The average Bonchev–Trinajstić information content (AvgIpc) is 3.05. The first-order chi connectivity index (χ1) is 12.1. The van der Waals surface area contributed by atoms with Gasteiger partial charge in [0, 0.05) is 16.3 Å². The molecule has 0 fully saturated rings. The minimum absolute atomic E-state index is 0.0460. The minimum Gasteiger partial charge on any atom is -0.354 e. The van der Waals surface area contributed by atoms with E-state index in [0.29, 0.717) is 26.1 Å². The van der Waals surface area contributed by atoms with Gasteiger partial charge in [0.1, 0.15) is 0 Å². The molecule has 0 saturated heterocycles. The molecule has 0 unspecified atom stereocenters. The highest BCUT2D eigenvalue weighted by molar-refractivity contribution is 7.11. The van der Waals surface area contributed by atoms with E-state index in [-0.39, 0.29) is 18.4 Å². The molecule has 0 aliphatic heterocycles.